The van der Waals surface area contributed by atoms with Crippen molar-refractivity contribution in [1.29, 1.82) is 0 Å². The van der Waals surface area contributed by atoms with Crippen LogP contribution in [0.1, 0.15) is 33.6 Å². The Balaban J connectivity index is 0. The van der Waals surface area contributed by atoms with Crippen LogP contribution in [0.15, 0.2) is 6.08 Å². The van der Waals surface area contributed by atoms with Crippen LogP contribution in [0.5, 0.6) is 0 Å². The number of hydrogen-bond acceptors (Lipinski definition) is 2. The van der Waals surface area contributed by atoms with E-state index in [1.165, 1.54) is 0 Å². The third kappa shape index (κ3) is 8.15. The molecule has 0 saturated carbocycles. The van der Waals surface area contributed by atoms with E-state index in [2.05, 4.69) is 0 Å². The van der Waals surface area contributed by atoms with Crippen molar-refractivity contribution in [2.24, 2.45) is 5.41 Å². The summed E-state index contributed by atoms with van der Waals surface area (Å²) in [5.41, 5.74) is -0.396. The monoisotopic (exact) mass is 176 g/mol. The number of rotatable bonds is 4. The molecule has 0 aliphatic heterocycles. The van der Waals surface area contributed by atoms with Gasteiger partial charge in [0.25, 0.3) is 0 Å². The molecule has 0 aliphatic carbocycles. The Labute approximate surface area is 92.9 Å². The first kappa shape index (κ1) is 15.3. The van der Waals surface area contributed by atoms with Crippen molar-refractivity contribution in [2.45, 2.75) is 33.6 Å². The Morgan fingerprint density at radius 3 is 2.38 bits per heavy atom. The van der Waals surface area contributed by atoms with E-state index in [1.54, 1.807) is 6.08 Å². The Hall–Kier alpha value is -0.193. The van der Waals surface area contributed by atoms with Gasteiger partial charge in [-0.25, -0.2) is 0 Å². The zero-order valence-electron chi connectivity index (χ0n) is 9.09. The fraction of sp³-hybridized carbons (Fsp3) is 0.700. The van der Waals surface area contributed by atoms with Gasteiger partial charge in [0.2, 0.25) is 0 Å². The molecule has 2 nitrogen and oxygen atoms in total. The molecule has 0 aromatic heterocycles. The molecule has 0 radical (unpaired) electrons. The van der Waals surface area contributed by atoms with E-state index in [0.717, 1.165) is 12.8 Å². The van der Waals surface area contributed by atoms with Gasteiger partial charge in [0.15, 0.2) is 0 Å². The van der Waals surface area contributed by atoms with Crippen molar-refractivity contribution in [1.82, 2.24) is 0 Å². The first-order valence-corrected chi connectivity index (χ1v) is 4.19. The Morgan fingerprint density at radius 1 is 1.46 bits per heavy atom. The van der Waals surface area contributed by atoms with Crippen LogP contribution in [0.4, 0.5) is 0 Å². The second-order valence-electron chi connectivity index (χ2n) is 3.76. The molecule has 0 aromatic rings. The van der Waals surface area contributed by atoms with Gasteiger partial charge >= 0.3 is 24.8 Å². The standard InChI is InChI=1S/C10H17O2.Li/c1-5-6-7-8-12-9(11)10(2,3)4;/h1,5H,6-8H2,2-4H3;/q-1;+1. The van der Waals surface area contributed by atoms with Gasteiger partial charge in [-0.2, -0.15) is 0 Å². The van der Waals surface area contributed by atoms with Crippen molar-refractivity contribution in [2.75, 3.05) is 6.61 Å². The van der Waals surface area contributed by atoms with Gasteiger partial charge in [0, 0.05) is 0 Å². The third-order valence-electron chi connectivity index (χ3n) is 1.36. The molecule has 13 heavy (non-hydrogen) atoms. The normalized spacial score (nSPS) is 10.1. The topological polar surface area (TPSA) is 26.3 Å². The summed E-state index contributed by atoms with van der Waals surface area (Å²) in [6.45, 7) is 11.1. The summed E-state index contributed by atoms with van der Waals surface area (Å²) in [6.07, 6.45) is 3.17. The average Bonchev–Trinajstić information content (AvgIpc) is 1.96. The number of carbonyl (C=O) groups excluding carboxylic acids is 1. The molecule has 70 valence electrons. The van der Waals surface area contributed by atoms with Gasteiger partial charge in [-0.15, -0.1) is 0 Å². The number of ether oxygens (including phenoxy) is 1. The molecule has 0 rings (SSSR count). The number of esters is 1. The average molecular weight is 176 g/mol. The maximum Gasteiger partial charge on any atom is 1.00 e. The van der Waals surface area contributed by atoms with Crippen molar-refractivity contribution < 1.29 is 28.4 Å². The zero-order chi connectivity index (χ0) is 9.61. The summed E-state index contributed by atoms with van der Waals surface area (Å²) < 4.78 is 4.99. The summed E-state index contributed by atoms with van der Waals surface area (Å²) >= 11 is 0. The van der Waals surface area contributed by atoms with Crippen molar-refractivity contribution in [3.8, 4) is 0 Å². The second kappa shape index (κ2) is 7.23. The van der Waals surface area contributed by atoms with E-state index < -0.39 is 5.41 Å². The molecule has 0 spiro atoms. The van der Waals surface area contributed by atoms with Gasteiger partial charge < -0.3 is 11.3 Å². The molecule has 0 N–H and O–H groups in total. The molecule has 0 saturated heterocycles. The summed E-state index contributed by atoms with van der Waals surface area (Å²) in [6, 6.07) is 0. The van der Waals surface area contributed by atoms with Crippen LogP contribution >= 0.6 is 0 Å². The smallest absolute Gasteiger partial charge is 0.518 e. The maximum absolute atomic E-state index is 11.2. The largest absolute Gasteiger partial charge is 1.00 e. The minimum atomic E-state index is -0.396. The number of allylic oxidation sites excluding steroid dienone is 1. The SMILES string of the molecule is [CH-]=CCCCOC(=O)C(C)(C)C.[Li+]. The number of hydrogen-bond donors (Lipinski definition) is 0. The zero-order valence-corrected chi connectivity index (χ0v) is 9.09. The molecule has 0 fully saturated rings. The van der Waals surface area contributed by atoms with Crippen LogP contribution in [-0.2, 0) is 9.53 Å². The van der Waals surface area contributed by atoms with Crippen LogP contribution in [-0.4, -0.2) is 12.6 Å². The van der Waals surface area contributed by atoms with Gasteiger partial charge in [-0.05, 0) is 27.2 Å². The van der Waals surface area contributed by atoms with E-state index in [-0.39, 0.29) is 24.8 Å². The molecule has 0 atom stereocenters. The number of unbranched alkanes of at least 4 members (excludes halogenated alkanes) is 1. The van der Waals surface area contributed by atoms with E-state index in [4.69, 9.17) is 11.3 Å². The summed E-state index contributed by atoms with van der Waals surface area (Å²) in [5.74, 6) is -0.153. The van der Waals surface area contributed by atoms with Gasteiger partial charge in [-0.1, -0.05) is 6.42 Å². The van der Waals surface area contributed by atoms with Crippen molar-refractivity contribution in [3.05, 3.63) is 12.7 Å². The van der Waals surface area contributed by atoms with Crippen LogP contribution in [0.2, 0.25) is 0 Å². The molecule has 3 heteroatoms. The Kier molecular flexibility index (Phi) is 8.51. The molecule has 0 amide bonds. The van der Waals surface area contributed by atoms with E-state index in [9.17, 15) is 4.79 Å². The van der Waals surface area contributed by atoms with Crippen LogP contribution in [0.25, 0.3) is 0 Å². The minimum absolute atomic E-state index is 0. The van der Waals surface area contributed by atoms with E-state index in [0.29, 0.717) is 6.61 Å². The summed E-state index contributed by atoms with van der Waals surface area (Å²) in [5, 5.41) is 0. The fourth-order valence-electron chi connectivity index (χ4n) is 0.583. The first-order valence-electron chi connectivity index (χ1n) is 4.19. The maximum atomic E-state index is 11.2. The molecular formula is C10H17LiO2. The molecule has 0 heterocycles. The van der Waals surface area contributed by atoms with E-state index >= 15 is 0 Å². The quantitative estimate of drug-likeness (QED) is 0.246. The molecule has 0 aliphatic rings. The van der Waals surface area contributed by atoms with Gasteiger partial charge in [-0.3, -0.25) is 10.9 Å². The summed E-state index contributed by atoms with van der Waals surface area (Å²) in [4.78, 5) is 11.2. The second-order valence-corrected chi connectivity index (χ2v) is 3.76. The van der Waals surface area contributed by atoms with Gasteiger partial charge in [0.1, 0.15) is 0 Å². The van der Waals surface area contributed by atoms with Crippen molar-refractivity contribution in [3.63, 3.8) is 0 Å². The molecular weight excluding hydrogens is 159 g/mol. The van der Waals surface area contributed by atoms with E-state index in [1.807, 2.05) is 20.8 Å². The van der Waals surface area contributed by atoms with Crippen LogP contribution in [0, 0.1) is 12.0 Å². The van der Waals surface area contributed by atoms with Gasteiger partial charge in [0.05, 0.1) is 12.0 Å². The van der Waals surface area contributed by atoms with Crippen molar-refractivity contribution >= 4 is 5.97 Å². The van der Waals surface area contributed by atoms with Crippen LogP contribution in [0.3, 0.4) is 0 Å². The fourth-order valence-corrected chi connectivity index (χ4v) is 0.583. The molecule has 0 bridgehead atoms. The Morgan fingerprint density at radius 2 is 2.00 bits per heavy atom. The Bertz CT molecular complexity index is 159. The summed E-state index contributed by atoms with van der Waals surface area (Å²) in [7, 11) is 0. The number of carbonyl (C=O) groups is 1. The van der Waals surface area contributed by atoms with Crippen LogP contribution < -0.4 is 18.9 Å². The first-order chi connectivity index (χ1) is 5.48. The predicted molar refractivity (Wildman–Crippen MR) is 48.5 cm³/mol. The molecule has 0 unspecified atom stereocenters. The third-order valence-corrected chi connectivity index (χ3v) is 1.36. The predicted octanol–water partition coefficient (Wildman–Crippen LogP) is -0.651. The molecule has 0 aromatic carbocycles. The minimum Gasteiger partial charge on any atom is -0.518 e.